The number of nitrogens with zero attached hydrogens (tertiary/aromatic N) is 4. The molecule has 14 nitrogen and oxygen atoms in total. The van der Waals surface area contributed by atoms with Crippen LogP contribution in [0.5, 0.6) is 0 Å². The number of carbonyl (C=O) groups is 4. The molecule has 0 radical (unpaired) electrons. The molecule has 2 aliphatic heterocycles. The SMILES string of the molecule is CCN(CC)C(=O)[C@@H]1C=C2c3cccc4[nH]cc(c34)C[C@H]2N(CCF)C1.CCN(CC)C(=O)[C@@H]1C=C2c3cccc4[nH]cc(c34)C[C@H]2N(CCF)C1.O=C(O)C(O)C(O)C(=O)O. The highest BCUT2D eigenvalue weighted by Gasteiger charge is 2.39. The van der Waals surface area contributed by atoms with E-state index in [2.05, 4.69) is 80.7 Å². The molecule has 4 heterocycles. The summed E-state index contributed by atoms with van der Waals surface area (Å²) in [6, 6.07) is 12.9. The fraction of sp³-hybridized carbons (Fsp3) is 0.478. The van der Waals surface area contributed by atoms with E-state index in [9.17, 15) is 28.0 Å². The Balaban J connectivity index is 0.000000171. The number of alkyl halides is 2. The fourth-order valence-electron chi connectivity index (χ4n) is 9.48. The highest BCUT2D eigenvalue weighted by Crippen LogP contribution is 2.43. The lowest BCUT2D eigenvalue weighted by atomic mass is 9.79. The van der Waals surface area contributed by atoms with Gasteiger partial charge >= 0.3 is 11.9 Å². The lowest BCUT2D eigenvalue weighted by molar-refractivity contribution is -0.165. The second-order valence-electron chi connectivity index (χ2n) is 15.9. The van der Waals surface area contributed by atoms with Gasteiger partial charge in [-0.2, -0.15) is 0 Å². The third kappa shape index (κ3) is 9.19. The second kappa shape index (κ2) is 20.2. The van der Waals surface area contributed by atoms with Crippen molar-refractivity contribution in [1.82, 2.24) is 29.6 Å². The summed E-state index contributed by atoms with van der Waals surface area (Å²) in [4.78, 5) is 60.3. The quantitative estimate of drug-likeness (QED) is 0.113. The molecule has 2 aromatic heterocycles. The lowest BCUT2D eigenvalue weighted by Crippen LogP contribution is -2.49. The number of rotatable bonds is 13. The van der Waals surface area contributed by atoms with E-state index >= 15 is 0 Å². The Morgan fingerprint density at radius 1 is 0.661 bits per heavy atom. The normalized spacial score (nSPS) is 21.2. The van der Waals surface area contributed by atoms with Crippen molar-refractivity contribution in [3.63, 3.8) is 0 Å². The standard InChI is InChI=1S/2C21H26FN3O.C4H6O6/c2*1-3-24(4-2)21(26)15-10-17-16-6-5-7-18-20(16)14(12-23-18)11-19(17)25(13-15)9-8-22;5-1(3(7)8)2(6)4(9)10/h2*5-7,10,12,15,19,23H,3-4,8-9,11,13H2,1-2H3;1-2,5-6H,(H,7,8)(H,9,10)/t2*15-,19-;/m11./s1. The number of nitrogens with one attached hydrogen (secondary N) is 2. The molecule has 2 amide bonds. The third-order valence-electron chi connectivity index (χ3n) is 12.6. The largest absolute Gasteiger partial charge is 0.479 e. The monoisotopic (exact) mass is 860 g/mol. The van der Waals surface area contributed by atoms with E-state index in [1.54, 1.807) is 0 Å². The Kier molecular flexibility index (Phi) is 15.0. The summed E-state index contributed by atoms with van der Waals surface area (Å²) >= 11 is 0. The highest BCUT2D eigenvalue weighted by atomic mass is 19.1. The van der Waals surface area contributed by atoms with Crippen LogP contribution >= 0.6 is 0 Å². The minimum Gasteiger partial charge on any atom is -0.479 e. The Hall–Kier alpha value is -5.42. The van der Waals surface area contributed by atoms with Crippen LogP contribution in [0.2, 0.25) is 0 Å². The van der Waals surface area contributed by atoms with Gasteiger partial charge in [-0.05, 0) is 86.1 Å². The Morgan fingerprint density at radius 3 is 1.35 bits per heavy atom. The number of aliphatic carboxylic acids is 2. The number of carboxylic acids is 2. The van der Waals surface area contributed by atoms with Crippen LogP contribution in [0, 0.1) is 11.8 Å². The molecule has 334 valence electrons. The van der Waals surface area contributed by atoms with E-state index in [1.165, 1.54) is 44.2 Å². The first-order valence-corrected chi connectivity index (χ1v) is 21.4. The molecule has 2 aromatic carbocycles. The van der Waals surface area contributed by atoms with Crippen LogP contribution in [-0.2, 0) is 32.0 Å². The predicted octanol–water partition coefficient (Wildman–Crippen LogP) is 4.37. The van der Waals surface area contributed by atoms with E-state index in [1.807, 2.05) is 37.5 Å². The minimum atomic E-state index is -2.27. The van der Waals surface area contributed by atoms with Crippen LogP contribution in [0.3, 0.4) is 0 Å². The maximum absolute atomic E-state index is 13.3. The summed E-state index contributed by atoms with van der Waals surface area (Å²) in [6.45, 7) is 12.0. The van der Waals surface area contributed by atoms with E-state index < -0.39 is 24.1 Å². The summed E-state index contributed by atoms with van der Waals surface area (Å²) < 4.78 is 26.5. The van der Waals surface area contributed by atoms with Gasteiger partial charge in [0, 0.05) is 98.6 Å². The number of halogens is 2. The Bertz CT molecular complexity index is 2160. The summed E-state index contributed by atoms with van der Waals surface area (Å²) in [5.74, 6) is -3.65. The van der Waals surface area contributed by atoms with Gasteiger partial charge in [-0.3, -0.25) is 19.4 Å². The van der Waals surface area contributed by atoms with Crippen LogP contribution in [0.4, 0.5) is 8.78 Å². The third-order valence-corrected chi connectivity index (χ3v) is 12.6. The van der Waals surface area contributed by atoms with Crippen LogP contribution in [0.15, 0.2) is 60.9 Å². The molecule has 0 spiro atoms. The molecule has 16 heteroatoms. The van der Waals surface area contributed by atoms with Gasteiger partial charge in [0.05, 0.1) is 11.8 Å². The van der Waals surface area contributed by atoms with E-state index in [4.69, 9.17) is 20.4 Å². The van der Waals surface area contributed by atoms with Crippen LogP contribution < -0.4 is 0 Å². The summed E-state index contributed by atoms with van der Waals surface area (Å²) in [7, 11) is 0. The van der Waals surface area contributed by atoms with E-state index in [-0.39, 0.29) is 49.1 Å². The number of aromatic nitrogens is 2. The Morgan fingerprint density at radius 2 is 1.03 bits per heavy atom. The average molecular weight is 861 g/mol. The molecule has 6 N–H and O–H groups in total. The van der Waals surface area contributed by atoms with Crippen molar-refractivity contribution < 1.29 is 48.4 Å². The molecular formula is C46H58F2N6O8. The van der Waals surface area contributed by atoms with Gasteiger partial charge in [0.25, 0.3) is 0 Å². The van der Waals surface area contributed by atoms with Crippen molar-refractivity contribution in [2.75, 3.05) is 65.7 Å². The number of carbonyl (C=O) groups excluding carboxylic acids is 2. The smallest absolute Gasteiger partial charge is 0.335 e. The van der Waals surface area contributed by atoms with E-state index in [0.29, 0.717) is 52.4 Å². The van der Waals surface area contributed by atoms with Gasteiger partial charge in [-0.15, -0.1) is 0 Å². The number of H-pyrrole nitrogens is 2. The molecule has 0 bridgehead atoms. The van der Waals surface area contributed by atoms with Crippen molar-refractivity contribution in [1.29, 1.82) is 0 Å². The molecule has 4 aliphatic rings. The van der Waals surface area contributed by atoms with Crippen LogP contribution in [0.25, 0.3) is 33.0 Å². The minimum absolute atomic E-state index is 0.150. The zero-order valence-electron chi connectivity index (χ0n) is 35.7. The number of benzene rings is 2. The van der Waals surface area contributed by atoms with Gasteiger partial charge in [-0.1, -0.05) is 36.4 Å². The number of aromatic amines is 2. The van der Waals surface area contributed by atoms with Crippen molar-refractivity contribution in [2.24, 2.45) is 11.8 Å². The molecule has 62 heavy (non-hydrogen) atoms. The number of hydrogen-bond acceptors (Lipinski definition) is 8. The summed E-state index contributed by atoms with van der Waals surface area (Å²) in [5, 5.41) is 35.0. The Labute approximate surface area is 359 Å². The van der Waals surface area contributed by atoms with E-state index in [0.717, 1.165) is 23.9 Å². The van der Waals surface area contributed by atoms with Gasteiger partial charge in [0.1, 0.15) is 13.3 Å². The fourth-order valence-corrected chi connectivity index (χ4v) is 9.48. The number of amides is 2. The van der Waals surface area contributed by atoms with Crippen LogP contribution in [-0.4, -0.2) is 164 Å². The maximum Gasteiger partial charge on any atom is 0.335 e. The van der Waals surface area contributed by atoms with Gasteiger partial charge in [-0.25, -0.2) is 18.4 Å². The first-order valence-electron chi connectivity index (χ1n) is 21.4. The molecular weight excluding hydrogens is 803 g/mol. The zero-order valence-corrected chi connectivity index (χ0v) is 35.7. The van der Waals surface area contributed by atoms with Crippen molar-refractivity contribution in [2.45, 2.75) is 64.8 Å². The maximum atomic E-state index is 13.3. The summed E-state index contributed by atoms with van der Waals surface area (Å²) in [5.41, 5.74) is 9.59. The first kappa shape index (κ1) is 46.1. The average Bonchev–Trinajstić information content (AvgIpc) is 3.90. The molecule has 0 saturated heterocycles. The van der Waals surface area contributed by atoms with Gasteiger partial charge in [0.15, 0.2) is 12.2 Å². The number of aliphatic hydroxyl groups is 2. The molecule has 0 fully saturated rings. The van der Waals surface area contributed by atoms with Crippen LogP contribution in [0.1, 0.15) is 49.9 Å². The molecule has 4 aromatic rings. The van der Waals surface area contributed by atoms with Crippen molar-refractivity contribution in [3.8, 4) is 0 Å². The number of fused-ring (bicyclic) bond motifs is 4. The first-order chi connectivity index (χ1) is 29.8. The molecule has 6 atom stereocenters. The second-order valence-corrected chi connectivity index (χ2v) is 15.9. The van der Waals surface area contributed by atoms with Crippen molar-refractivity contribution >= 4 is 56.7 Å². The highest BCUT2D eigenvalue weighted by molar-refractivity contribution is 6.00. The summed E-state index contributed by atoms with van der Waals surface area (Å²) in [6.07, 6.45) is 5.67. The zero-order chi connectivity index (χ0) is 44.8. The topological polar surface area (TPSA) is 194 Å². The number of hydrogen-bond donors (Lipinski definition) is 6. The predicted molar refractivity (Wildman–Crippen MR) is 233 cm³/mol. The van der Waals surface area contributed by atoms with Crippen molar-refractivity contribution in [3.05, 3.63) is 83.2 Å². The molecule has 2 aliphatic carbocycles. The number of carboxylic acid groups (broad SMARTS) is 2. The van der Waals surface area contributed by atoms with Gasteiger partial charge in [0.2, 0.25) is 11.8 Å². The lowest BCUT2D eigenvalue weighted by Gasteiger charge is -2.42. The molecule has 0 saturated carbocycles. The van der Waals surface area contributed by atoms with Gasteiger partial charge < -0.3 is 40.2 Å². The molecule has 2 unspecified atom stereocenters. The number of aliphatic hydroxyl groups excluding tert-OH is 2. The molecule has 8 rings (SSSR count).